The minimum atomic E-state index is -0.177. The first-order chi connectivity index (χ1) is 12.1. The first-order valence-corrected chi connectivity index (χ1v) is 9.39. The number of anilines is 1. The Bertz CT molecular complexity index is 631. The Morgan fingerprint density at radius 2 is 2.04 bits per heavy atom. The quantitative estimate of drug-likeness (QED) is 0.788. The predicted octanol–water partition coefficient (Wildman–Crippen LogP) is 2.63. The van der Waals surface area contributed by atoms with Crippen molar-refractivity contribution in [1.29, 1.82) is 0 Å². The number of esters is 1. The third-order valence-electron chi connectivity index (χ3n) is 5.36. The Balaban J connectivity index is 1.66. The molecule has 1 fully saturated rings. The van der Waals surface area contributed by atoms with E-state index >= 15 is 0 Å². The van der Waals surface area contributed by atoms with Gasteiger partial charge >= 0.3 is 5.97 Å². The van der Waals surface area contributed by atoms with E-state index in [4.69, 9.17) is 4.74 Å². The van der Waals surface area contributed by atoms with Crippen molar-refractivity contribution in [2.45, 2.75) is 45.6 Å². The fraction of sp³-hybridized carbons (Fsp3) is 0.600. The van der Waals surface area contributed by atoms with Crippen molar-refractivity contribution < 1.29 is 14.3 Å². The van der Waals surface area contributed by atoms with Crippen LogP contribution in [0.3, 0.4) is 0 Å². The summed E-state index contributed by atoms with van der Waals surface area (Å²) in [6, 6.07) is 8.70. The summed E-state index contributed by atoms with van der Waals surface area (Å²) >= 11 is 0. The average molecular weight is 344 g/mol. The number of para-hydroxylation sites is 1. The number of piperidine rings is 1. The SMILES string of the molecule is CCOC(=O)C1CCCN(C(=O)CN2c3ccccc3CCC2C)C1. The molecule has 136 valence electrons. The molecule has 5 nitrogen and oxygen atoms in total. The second-order valence-corrected chi connectivity index (χ2v) is 7.08. The van der Waals surface area contributed by atoms with Gasteiger partial charge in [0.1, 0.15) is 0 Å². The summed E-state index contributed by atoms with van der Waals surface area (Å²) in [4.78, 5) is 28.9. The summed E-state index contributed by atoms with van der Waals surface area (Å²) in [6.07, 6.45) is 3.80. The Morgan fingerprint density at radius 3 is 2.84 bits per heavy atom. The van der Waals surface area contributed by atoms with Gasteiger partial charge in [-0.1, -0.05) is 18.2 Å². The number of nitrogens with zero attached hydrogens (tertiary/aromatic N) is 2. The van der Waals surface area contributed by atoms with Gasteiger partial charge in [0.25, 0.3) is 0 Å². The molecule has 0 N–H and O–H groups in total. The molecule has 0 saturated carbocycles. The number of hydrogen-bond donors (Lipinski definition) is 0. The van der Waals surface area contributed by atoms with Crippen LogP contribution in [0.15, 0.2) is 24.3 Å². The number of ether oxygens (including phenoxy) is 1. The first kappa shape index (κ1) is 17.8. The van der Waals surface area contributed by atoms with Gasteiger partial charge in [-0.05, 0) is 51.2 Å². The number of aryl methyl sites for hydroxylation is 1. The van der Waals surface area contributed by atoms with Crippen LogP contribution in [0.4, 0.5) is 5.69 Å². The standard InChI is InChI=1S/C20H28N2O3/c1-3-25-20(24)17-8-6-12-21(13-17)19(23)14-22-15(2)10-11-16-7-4-5-9-18(16)22/h4-5,7,9,15,17H,3,6,8,10-14H2,1-2H3. The zero-order valence-electron chi connectivity index (χ0n) is 15.2. The lowest BCUT2D eigenvalue weighted by Crippen LogP contribution is -2.49. The summed E-state index contributed by atoms with van der Waals surface area (Å²) in [7, 11) is 0. The van der Waals surface area contributed by atoms with Crippen molar-refractivity contribution in [3.8, 4) is 0 Å². The molecule has 1 saturated heterocycles. The first-order valence-electron chi connectivity index (χ1n) is 9.39. The van der Waals surface area contributed by atoms with Gasteiger partial charge in [0, 0.05) is 24.8 Å². The Labute approximate surface area is 149 Å². The van der Waals surface area contributed by atoms with E-state index in [0.717, 1.165) is 32.2 Å². The zero-order valence-corrected chi connectivity index (χ0v) is 15.2. The van der Waals surface area contributed by atoms with E-state index in [2.05, 4.69) is 30.0 Å². The zero-order chi connectivity index (χ0) is 17.8. The van der Waals surface area contributed by atoms with E-state index in [-0.39, 0.29) is 17.8 Å². The van der Waals surface area contributed by atoms with E-state index in [1.165, 1.54) is 11.3 Å². The van der Waals surface area contributed by atoms with Crippen LogP contribution in [0.5, 0.6) is 0 Å². The summed E-state index contributed by atoms with van der Waals surface area (Å²) < 4.78 is 5.14. The van der Waals surface area contributed by atoms with Crippen molar-refractivity contribution in [2.24, 2.45) is 5.92 Å². The molecule has 0 radical (unpaired) electrons. The maximum absolute atomic E-state index is 12.9. The molecular formula is C20H28N2O3. The van der Waals surface area contributed by atoms with Crippen LogP contribution in [-0.4, -0.2) is 49.1 Å². The maximum atomic E-state index is 12.9. The highest BCUT2D eigenvalue weighted by Gasteiger charge is 2.31. The third-order valence-corrected chi connectivity index (χ3v) is 5.36. The van der Waals surface area contributed by atoms with Crippen LogP contribution < -0.4 is 4.90 Å². The van der Waals surface area contributed by atoms with Crippen molar-refractivity contribution >= 4 is 17.6 Å². The molecule has 1 amide bonds. The molecule has 2 atom stereocenters. The van der Waals surface area contributed by atoms with Gasteiger partial charge in [-0.2, -0.15) is 0 Å². The summed E-state index contributed by atoms with van der Waals surface area (Å²) in [5, 5.41) is 0. The molecule has 2 aliphatic heterocycles. The minimum absolute atomic E-state index is 0.109. The predicted molar refractivity (Wildman–Crippen MR) is 97.5 cm³/mol. The van der Waals surface area contributed by atoms with Crippen molar-refractivity contribution in [1.82, 2.24) is 4.90 Å². The summed E-state index contributed by atoms with van der Waals surface area (Å²) in [5.74, 6) is -0.238. The lowest BCUT2D eigenvalue weighted by molar-refractivity contribution is -0.151. The number of rotatable bonds is 4. The highest BCUT2D eigenvalue weighted by molar-refractivity contribution is 5.83. The molecule has 1 aromatic rings. The summed E-state index contributed by atoms with van der Waals surface area (Å²) in [6.45, 7) is 6.00. The van der Waals surface area contributed by atoms with Gasteiger partial charge in [0.2, 0.25) is 5.91 Å². The molecule has 0 aliphatic carbocycles. The number of amides is 1. The van der Waals surface area contributed by atoms with Gasteiger partial charge in [-0.3, -0.25) is 9.59 Å². The molecule has 0 bridgehead atoms. The van der Waals surface area contributed by atoms with Crippen molar-refractivity contribution in [3.05, 3.63) is 29.8 Å². The fourth-order valence-electron chi connectivity index (χ4n) is 3.90. The van der Waals surface area contributed by atoms with Crippen LogP contribution in [0.25, 0.3) is 0 Å². The lowest BCUT2D eigenvalue weighted by atomic mass is 9.96. The Morgan fingerprint density at radius 1 is 1.24 bits per heavy atom. The number of fused-ring (bicyclic) bond motifs is 1. The van der Waals surface area contributed by atoms with E-state index in [1.54, 1.807) is 0 Å². The molecule has 1 aromatic carbocycles. The Kier molecular flexibility index (Phi) is 5.61. The van der Waals surface area contributed by atoms with Gasteiger partial charge in [-0.25, -0.2) is 0 Å². The molecule has 2 unspecified atom stereocenters. The van der Waals surface area contributed by atoms with Crippen molar-refractivity contribution in [2.75, 3.05) is 31.1 Å². The maximum Gasteiger partial charge on any atom is 0.310 e. The molecule has 2 heterocycles. The second kappa shape index (κ2) is 7.89. The van der Waals surface area contributed by atoms with E-state index in [1.807, 2.05) is 17.9 Å². The lowest BCUT2D eigenvalue weighted by Gasteiger charge is -2.39. The number of hydrogen-bond acceptors (Lipinski definition) is 4. The molecule has 0 aromatic heterocycles. The van der Waals surface area contributed by atoms with Gasteiger partial charge < -0.3 is 14.5 Å². The molecule has 2 aliphatic rings. The normalized spacial score (nSPS) is 23.1. The number of carbonyl (C=O) groups is 2. The highest BCUT2D eigenvalue weighted by atomic mass is 16.5. The molecule has 5 heteroatoms. The number of carbonyl (C=O) groups excluding carboxylic acids is 2. The fourth-order valence-corrected chi connectivity index (χ4v) is 3.90. The van der Waals surface area contributed by atoms with Gasteiger partial charge in [0.15, 0.2) is 0 Å². The van der Waals surface area contributed by atoms with E-state index < -0.39 is 0 Å². The minimum Gasteiger partial charge on any atom is -0.466 e. The van der Waals surface area contributed by atoms with Gasteiger partial charge in [0.05, 0.1) is 19.1 Å². The highest BCUT2D eigenvalue weighted by Crippen LogP contribution is 2.30. The molecular weight excluding hydrogens is 316 g/mol. The van der Waals surface area contributed by atoms with Gasteiger partial charge in [-0.15, -0.1) is 0 Å². The molecule has 0 spiro atoms. The smallest absolute Gasteiger partial charge is 0.310 e. The van der Waals surface area contributed by atoms with Crippen LogP contribution in [-0.2, 0) is 20.7 Å². The van der Waals surface area contributed by atoms with Crippen LogP contribution >= 0.6 is 0 Å². The number of benzene rings is 1. The van der Waals surface area contributed by atoms with Crippen LogP contribution in [0, 0.1) is 5.92 Å². The molecule has 3 rings (SSSR count). The van der Waals surface area contributed by atoms with Crippen molar-refractivity contribution in [3.63, 3.8) is 0 Å². The second-order valence-electron chi connectivity index (χ2n) is 7.08. The number of likely N-dealkylation sites (tertiary alicyclic amines) is 1. The topological polar surface area (TPSA) is 49.9 Å². The molecule has 25 heavy (non-hydrogen) atoms. The van der Waals surface area contributed by atoms with Crippen LogP contribution in [0.1, 0.15) is 38.7 Å². The Hall–Kier alpha value is -2.04. The average Bonchev–Trinajstić information content (AvgIpc) is 2.64. The largest absolute Gasteiger partial charge is 0.466 e. The monoisotopic (exact) mass is 344 g/mol. The third kappa shape index (κ3) is 3.97. The summed E-state index contributed by atoms with van der Waals surface area (Å²) in [5.41, 5.74) is 2.49. The van der Waals surface area contributed by atoms with Crippen LogP contribution in [0.2, 0.25) is 0 Å². The van der Waals surface area contributed by atoms with E-state index in [0.29, 0.717) is 25.7 Å². The van der Waals surface area contributed by atoms with E-state index in [9.17, 15) is 9.59 Å².